The zero-order valence-electron chi connectivity index (χ0n) is 9.92. The van der Waals surface area contributed by atoms with Gasteiger partial charge in [0.15, 0.2) is 0 Å². The van der Waals surface area contributed by atoms with Crippen LogP contribution in [0, 0.1) is 5.92 Å². The number of H-pyrrole nitrogens is 1. The zero-order valence-corrected chi connectivity index (χ0v) is 9.92. The summed E-state index contributed by atoms with van der Waals surface area (Å²) in [6, 6.07) is 1.57. The molecule has 2 rings (SSSR count). The molecule has 1 aliphatic carbocycles. The fourth-order valence-corrected chi connectivity index (χ4v) is 2.45. The summed E-state index contributed by atoms with van der Waals surface area (Å²) in [6.07, 6.45) is 3.53. The number of aromatic nitrogens is 2. The smallest absolute Gasteiger partial charge is 0.251 e. The van der Waals surface area contributed by atoms with Crippen molar-refractivity contribution in [1.82, 2.24) is 15.3 Å². The van der Waals surface area contributed by atoms with Crippen molar-refractivity contribution in [2.45, 2.75) is 38.6 Å². The lowest BCUT2D eigenvalue weighted by atomic mass is 10.1. The summed E-state index contributed by atoms with van der Waals surface area (Å²) in [5.41, 5.74) is 0.801. The summed E-state index contributed by atoms with van der Waals surface area (Å²) < 4.78 is 0. The van der Waals surface area contributed by atoms with Gasteiger partial charge >= 0.3 is 0 Å². The van der Waals surface area contributed by atoms with Gasteiger partial charge in [0.2, 0.25) is 0 Å². The van der Waals surface area contributed by atoms with Crippen LogP contribution in [0.1, 0.15) is 43.6 Å². The highest BCUT2D eigenvalue weighted by Gasteiger charge is 2.24. The highest BCUT2D eigenvalue weighted by Crippen LogP contribution is 2.35. The Bertz CT molecular complexity index is 413. The van der Waals surface area contributed by atoms with Gasteiger partial charge in [-0.05, 0) is 32.2 Å². The highest BCUT2D eigenvalue weighted by atomic mass is 16.1. The first-order valence-electron chi connectivity index (χ1n) is 5.93. The maximum Gasteiger partial charge on any atom is 0.251 e. The normalized spacial score (nSPS) is 24.9. The second kappa shape index (κ2) is 4.78. The summed E-state index contributed by atoms with van der Waals surface area (Å²) in [4.78, 5) is 18.9. The molecule has 4 nitrogen and oxygen atoms in total. The van der Waals surface area contributed by atoms with Crippen LogP contribution in [0.25, 0.3) is 0 Å². The van der Waals surface area contributed by atoms with E-state index >= 15 is 0 Å². The van der Waals surface area contributed by atoms with Gasteiger partial charge in [0.1, 0.15) is 5.82 Å². The molecule has 1 aromatic heterocycles. The molecule has 2 atom stereocenters. The molecule has 0 radical (unpaired) electrons. The Morgan fingerprint density at radius 2 is 2.38 bits per heavy atom. The van der Waals surface area contributed by atoms with Crippen molar-refractivity contribution < 1.29 is 0 Å². The van der Waals surface area contributed by atoms with E-state index in [9.17, 15) is 4.79 Å². The Balaban J connectivity index is 2.23. The number of nitrogens with zero attached hydrogens (tertiary/aromatic N) is 1. The van der Waals surface area contributed by atoms with Crippen molar-refractivity contribution in [2.24, 2.45) is 5.92 Å². The van der Waals surface area contributed by atoms with Gasteiger partial charge in [-0.3, -0.25) is 4.79 Å². The Hall–Kier alpha value is -1.16. The predicted molar refractivity (Wildman–Crippen MR) is 63.4 cm³/mol. The van der Waals surface area contributed by atoms with Crippen LogP contribution < -0.4 is 10.9 Å². The SMILES string of the molecule is CNCc1cc(=O)[nH]c(C2CCC(C)C2)n1. The van der Waals surface area contributed by atoms with Crippen molar-refractivity contribution in [3.8, 4) is 0 Å². The molecule has 1 saturated carbocycles. The summed E-state index contributed by atoms with van der Waals surface area (Å²) in [6.45, 7) is 2.91. The molecule has 0 aliphatic heterocycles. The van der Waals surface area contributed by atoms with Gasteiger partial charge in [0, 0.05) is 18.5 Å². The van der Waals surface area contributed by atoms with Crippen molar-refractivity contribution >= 4 is 0 Å². The molecule has 4 heteroatoms. The van der Waals surface area contributed by atoms with E-state index in [0.29, 0.717) is 12.5 Å². The lowest BCUT2D eigenvalue weighted by molar-refractivity contribution is 0.581. The zero-order chi connectivity index (χ0) is 11.5. The van der Waals surface area contributed by atoms with Gasteiger partial charge in [-0.1, -0.05) is 6.92 Å². The molecular weight excluding hydrogens is 202 g/mol. The molecule has 16 heavy (non-hydrogen) atoms. The minimum Gasteiger partial charge on any atom is -0.314 e. The van der Waals surface area contributed by atoms with Crippen molar-refractivity contribution in [2.75, 3.05) is 7.05 Å². The molecule has 2 unspecified atom stereocenters. The van der Waals surface area contributed by atoms with E-state index in [1.165, 1.54) is 6.42 Å². The molecule has 0 amide bonds. The number of rotatable bonds is 3. The lowest BCUT2D eigenvalue weighted by Crippen LogP contribution is -2.17. The van der Waals surface area contributed by atoms with Gasteiger partial charge in [-0.15, -0.1) is 0 Å². The van der Waals surface area contributed by atoms with E-state index < -0.39 is 0 Å². The predicted octanol–water partition coefficient (Wildman–Crippen LogP) is 1.39. The maximum atomic E-state index is 11.5. The second-order valence-electron chi connectivity index (χ2n) is 4.77. The largest absolute Gasteiger partial charge is 0.314 e. The standard InChI is InChI=1S/C12H19N3O/c1-8-3-4-9(5-8)12-14-10(7-13-2)6-11(16)15-12/h6,8-9,13H,3-5,7H2,1-2H3,(H,14,15,16). The molecule has 1 aliphatic rings. The monoisotopic (exact) mass is 221 g/mol. The molecule has 0 bridgehead atoms. The number of hydrogen-bond acceptors (Lipinski definition) is 3. The fraction of sp³-hybridized carbons (Fsp3) is 0.667. The molecule has 1 heterocycles. The topological polar surface area (TPSA) is 57.8 Å². The summed E-state index contributed by atoms with van der Waals surface area (Å²) >= 11 is 0. The molecule has 0 aromatic carbocycles. The van der Waals surface area contributed by atoms with Gasteiger partial charge in [0.25, 0.3) is 5.56 Å². The van der Waals surface area contributed by atoms with Crippen LogP contribution in [0.2, 0.25) is 0 Å². The Labute approximate surface area is 95.5 Å². The fourth-order valence-electron chi connectivity index (χ4n) is 2.45. The van der Waals surface area contributed by atoms with Crippen LogP contribution >= 0.6 is 0 Å². The molecule has 0 spiro atoms. The molecule has 2 N–H and O–H groups in total. The van der Waals surface area contributed by atoms with E-state index in [2.05, 4.69) is 22.2 Å². The first kappa shape index (κ1) is 11.3. The van der Waals surface area contributed by atoms with Crippen molar-refractivity contribution in [3.63, 3.8) is 0 Å². The molecule has 1 aromatic rings. The van der Waals surface area contributed by atoms with Crippen LogP contribution in [-0.2, 0) is 6.54 Å². The number of aromatic amines is 1. The summed E-state index contributed by atoms with van der Waals surface area (Å²) in [5, 5.41) is 3.02. The van der Waals surface area contributed by atoms with Crippen LogP contribution in [0.15, 0.2) is 10.9 Å². The van der Waals surface area contributed by atoms with Crippen LogP contribution in [-0.4, -0.2) is 17.0 Å². The van der Waals surface area contributed by atoms with E-state index in [0.717, 1.165) is 30.3 Å². The summed E-state index contributed by atoms with van der Waals surface area (Å²) in [5.74, 6) is 2.07. The minimum absolute atomic E-state index is 0.0326. The first-order valence-corrected chi connectivity index (χ1v) is 5.93. The molecule has 88 valence electrons. The third-order valence-electron chi connectivity index (χ3n) is 3.25. The van der Waals surface area contributed by atoms with Crippen molar-refractivity contribution in [1.29, 1.82) is 0 Å². The second-order valence-corrected chi connectivity index (χ2v) is 4.77. The quantitative estimate of drug-likeness (QED) is 0.811. The first-order chi connectivity index (χ1) is 7.69. The lowest BCUT2D eigenvalue weighted by Gasteiger charge is -2.10. The van der Waals surface area contributed by atoms with Crippen molar-refractivity contribution in [3.05, 3.63) is 27.9 Å². The summed E-state index contributed by atoms with van der Waals surface area (Å²) in [7, 11) is 1.86. The van der Waals surface area contributed by atoms with Gasteiger partial charge in [0.05, 0.1) is 5.69 Å². The Morgan fingerprint density at radius 1 is 1.56 bits per heavy atom. The van der Waals surface area contributed by atoms with Gasteiger partial charge < -0.3 is 10.3 Å². The average Bonchev–Trinajstić information content (AvgIpc) is 2.64. The van der Waals surface area contributed by atoms with Gasteiger partial charge in [-0.25, -0.2) is 4.98 Å². The molecule has 0 saturated heterocycles. The Morgan fingerprint density at radius 3 is 3.00 bits per heavy atom. The number of hydrogen-bond donors (Lipinski definition) is 2. The molecular formula is C12H19N3O. The highest BCUT2D eigenvalue weighted by molar-refractivity contribution is 5.07. The maximum absolute atomic E-state index is 11.5. The van der Waals surface area contributed by atoms with E-state index in [1.807, 2.05) is 7.05 Å². The van der Waals surface area contributed by atoms with Gasteiger partial charge in [-0.2, -0.15) is 0 Å². The van der Waals surface area contributed by atoms with Crippen LogP contribution in [0.4, 0.5) is 0 Å². The van der Waals surface area contributed by atoms with E-state index in [-0.39, 0.29) is 5.56 Å². The van der Waals surface area contributed by atoms with Crippen LogP contribution in [0.3, 0.4) is 0 Å². The van der Waals surface area contributed by atoms with E-state index in [1.54, 1.807) is 6.07 Å². The van der Waals surface area contributed by atoms with E-state index in [4.69, 9.17) is 0 Å². The van der Waals surface area contributed by atoms with Crippen LogP contribution in [0.5, 0.6) is 0 Å². The Kier molecular flexibility index (Phi) is 3.39. The third-order valence-corrected chi connectivity index (χ3v) is 3.25. The third kappa shape index (κ3) is 2.50. The molecule has 1 fully saturated rings. The number of nitrogens with one attached hydrogen (secondary N) is 2. The minimum atomic E-state index is -0.0326. The average molecular weight is 221 g/mol.